The quantitative estimate of drug-likeness (QED) is 0.688. The van der Waals surface area contributed by atoms with Crippen LogP contribution in [0, 0.1) is 27.7 Å². The second-order valence-electron chi connectivity index (χ2n) is 7.20. The van der Waals surface area contributed by atoms with Gasteiger partial charge in [-0.1, -0.05) is 6.07 Å². The van der Waals surface area contributed by atoms with Crippen molar-refractivity contribution in [2.75, 3.05) is 0 Å². The molecule has 0 bridgehead atoms. The molecular weight excluding hydrogens is 324 g/mol. The van der Waals surface area contributed by atoms with E-state index in [1.807, 2.05) is 33.2 Å². The maximum absolute atomic E-state index is 12.1. The van der Waals surface area contributed by atoms with Gasteiger partial charge in [0.1, 0.15) is 5.82 Å². The predicted molar refractivity (Wildman–Crippen MR) is 104 cm³/mol. The molecule has 136 valence electrons. The number of aromatic nitrogens is 4. The van der Waals surface area contributed by atoms with Gasteiger partial charge in [0.05, 0.1) is 5.69 Å². The van der Waals surface area contributed by atoms with Gasteiger partial charge in [0.15, 0.2) is 5.78 Å². The van der Waals surface area contributed by atoms with E-state index in [2.05, 4.69) is 45.7 Å². The van der Waals surface area contributed by atoms with Crippen molar-refractivity contribution in [3.63, 3.8) is 0 Å². The Balaban J connectivity index is 2.06. The smallest absolute Gasteiger partial charge is 0.160 e. The Morgan fingerprint density at radius 1 is 1.19 bits per heavy atom. The molecule has 3 rings (SSSR count). The molecule has 2 aromatic heterocycles. The number of imidazole rings is 1. The molecule has 0 radical (unpaired) electrons. The molecule has 5 heteroatoms. The fourth-order valence-corrected chi connectivity index (χ4v) is 3.91. The Morgan fingerprint density at radius 2 is 1.92 bits per heavy atom. The van der Waals surface area contributed by atoms with Gasteiger partial charge >= 0.3 is 0 Å². The molecule has 0 aliphatic carbocycles. The summed E-state index contributed by atoms with van der Waals surface area (Å²) >= 11 is 0. The first-order valence-electron chi connectivity index (χ1n) is 8.95. The molecular formula is C21H26N4O. The number of hydrogen-bond acceptors (Lipinski definition) is 3. The van der Waals surface area contributed by atoms with Crippen LogP contribution in [0.2, 0.25) is 0 Å². The highest BCUT2D eigenvalue weighted by Crippen LogP contribution is 2.32. The first kappa shape index (κ1) is 18.1. The number of hydrogen-bond donors (Lipinski definition) is 1. The Bertz CT molecular complexity index is 965. The summed E-state index contributed by atoms with van der Waals surface area (Å²) in [6.45, 7) is 11.9. The molecule has 0 amide bonds. The minimum Gasteiger partial charge on any atom is -0.328 e. The monoisotopic (exact) mass is 350 g/mol. The van der Waals surface area contributed by atoms with Crippen molar-refractivity contribution in [3.05, 3.63) is 58.2 Å². The highest BCUT2D eigenvalue weighted by atomic mass is 16.1. The van der Waals surface area contributed by atoms with E-state index in [0.717, 1.165) is 51.5 Å². The number of Topliss-reactive ketones (excluding diaryl/α,β-unsaturated/α-hetero) is 1. The van der Waals surface area contributed by atoms with Gasteiger partial charge in [-0.15, -0.1) is 0 Å². The van der Waals surface area contributed by atoms with Crippen molar-refractivity contribution >= 4 is 5.78 Å². The van der Waals surface area contributed by atoms with Gasteiger partial charge in [-0.05, 0) is 64.3 Å². The standard InChI is InChI=1S/C21H26N4O/c1-12-9-13(2)20(16(5)19(12)17(6)26)21-22-7-8-25(21)15(4)11-18-10-14(3)23-24-18/h7-10,15H,11H2,1-6H3,(H,23,24)/t15-/m1/s1. The Morgan fingerprint density at radius 3 is 2.54 bits per heavy atom. The number of aromatic amines is 1. The number of carbonyl (C=O) groups excluding carboxylic acids is 1. The van der Waals surface area contributed by atoms with Crippen LogP contribution < -0.4 is 0 Å². The Labute approximate surface area is 154 Å². The van der Waals surface area contributed by atoms with E-state index in [-0.39, 0.29) is 11.8 Å². The van der Waals surface area contributed by atoms with Crippen molar-refractivity contribution in [1.29, 1.82) is 0 Å². The number of H-pyrrole nitrogens is 1. The van der Waals surface area contributed by atoms with Crippen LogP contribution in [0.25, 0.3) is 11.4 Å². The SMILES string of the molecule is CC(=O)c1c(C)cc(C)c(-c2nccn2[C@H](C)Cc2cc(C)[nH]n2)c1C. The molecule has 0 unspecified atom stereocenters. The minimum atomic E-state index is 0.0967. The fraction of sp³-hybridized carbons (Fsp3) is 0.381. The zero-order valence-corrected chi connectivity index (χ0v) is 16.3. The summed E-state index contributed by atoms with van der Waals surface area (Å²) in [5, 5.41) is 7.35. The van der Waals surface area contributed by atoms with Gasteiger partial charge in [-0.3, -0.25) is 9.89 Å². The second-order valence-corrected chi connectivity index (χ2v) is 7.20. The summed E-state index contributed by atoms with van der Waals surface area (Å²) in [4.78, 5) is 16.8. The molecule has 1 aromatic carbocycles. The highest BCUT2D eigenvalue weighted by Gasteiger charge is 2.20. The third-order valence-corrected chi connectivity index (χ3v) is 4.95. The van der Waals surface area contributed by atoms with Crippen molar-refractivity contribution in [2.24, 2.45) is 0 Å². The molecule has 1 atom stereocenters. The summed E-state index contributed by atoms with van der Waals surface area (Å²) in [5.74, 6) is 1.00. The summed E-state index contributed by atoms with van der Waals surface area (Å²) in [6.07, 6.45) is 4.65. The van der Waals surface area contributed by atoms with Crippen LogP contribution in [0.1, 0.15) is 58.3 Å². The van der Waals surface area contributed by atoms with Gasteiger partial charge < -0.3 is 4.57 Å². The van der Waals surface area contributed by atoms with Gasteiger partial charge in [-0.2, -0.15) is 5.10 Å². The Kier molecular flexibility index (Phi) is 4.81. The lowest BCUT2D eigenvalue weighted by Crippen LogP contribution is -2.12. The van der Waals surface area contributed by atoms with Crippen molar-refractivity contribution in [1.82, 2.24) is 19.7 Å². The number of benzene rings is 1. The summed E-state index contributed by atoms with van der Waals surface area (Å²) in [7, 11) is 0. The van der Waals surface area contributed by atoms with E-state index in [9.17, 15) is 4.79 Å². The lowest BCUT2D eigenvalue weighted by atomic mass is 9.91. The number of nitrogens with one attached hydrogen (secondary N) is 1. The zero-order valence-electron chi connectivity index (χ0n) is 16.3. The molecule has 0 saturated heterocycles. The molecule has 26 heavy (non-hydrogen) atoms. The molecule has 1 N–H and O–H groups in total. The lowest BCUT2D eigenvalue weighted by Gasteiger charge is -2.20. The van der Waals surface area contributed by atoms with E-state index in [4.69, 9.17) is 0 Å². The van der Waals surface area contributed by atoms with Crippen LogP contribution >= 0.6 is 0 Å². The predicted octanol–water partition coefficient (Wildman–Crippen LogP) is 4.51. The molecule has 3 aromatic rings. The van der Waals surface area contributed by atoms with Gasteiger partial charge in [0.2, 0.25) is 0 Å². The van der Waals surface area contributed by atoms with Crippen LogP contribution in [-0.2, 0) is 6.42 Å². The van der Waals surface area contributed by atoms with Crippen LogP contribution in [0.3, 0.4) is 0 Å². The largest absolute Gasteiger partial charge is 0.328 e. The molecule has 0 spiro atoms. The highest BCUT2D eigenvalue weighted by molar-refractivity contribution is 5.99. The average Bonchev–Trinajstić information content (AvgIpc) is 3.15. The molecule has 5 nitrogen and oxygen atoms in total. The van der Waals surface area contributed by atoms with E-state index in [0.29, 0.717) is 0 Å². The van der Waals surface area contributed by atoms with Crippen molar-refractivity contribution < 1.29 is 4.79 Å². The van der Waals surface area contributed by atoms with E-state index >= 15 is 0 Å². The van der Waals surface area contributed by atoms with Crippen LogP contribution in [0.5, 0.6) is 0 Å². The topological polar surface area (TPSA) is 63.6 Å². The minimum absolute atomic E-state index is 0.0967. The molecule has 0 fully saturated rings. The van der Waals surface area contributed by atoms with E-state index in [1.54, 1.807) is 6.92 Å². The van der Waals surface area contributed by atoms with Crippen molar-refractivity contribution in [2.45, 2.75) is 54.0 Å². The second kappa shape index (κ2) is 6.90. The third kappa shape index (κ3) is 3.21. The number of rotatable bonds is 5. The number of carbonyl (C=O) groups is 1. The number of aryl methyl sites for hydroxylation is 3. The average molecular weight is 350 g/mol. The lowest BCUT2D eigenvalue weighted by molar-refractivity contribution is 0.101. The summed E-state index contributed by atoms with van der Waals surface area (Å²) in [6, 6.07) is 4.36. The summed E-state index contributed by atoms with van der Waals surface area (Å²) in [5.41, 5.74) is 7.12. The molecule has 0 aliphatic rings. The molecule has 0 aliphatic heterocycles. The maximum Gasteiger partial charge on any atom is 0.160 e. The van der Waals surface area contributed by atoms with Gasteiger partial charge in [0.25, 0.3) is 0 Å². The zero-order chi connectivity index (χ0) is 19.0. The first-order valence-corrected chi connectivity index (χ1v) is 8.95. The fourth-order valence-electron chi connectivity index (χ4n) is 3.91. The Hall–Kier alpha value is -2.69. The molecule has 0 saturated carbocycles. The maximum atomic E-state index is 12.1. The number of nitrogens with zero attached hydrogens (tertiary/aromatic N) is 3. The first-order chi connectivity index (χ1) is 12.3. The van der Waals surface area contributed by atoms with Crippen LogP contribution in [-0.4, -0.2) is 25.5 Å². The van der Waals surface area contributed by atoms with Gasteiger partial charge in [-0.25, -0.2) is 4.98 Å². The van der Waals surface area contributed by atoms with Crippen molar-refractivity contribution in [3.8, 4) is 11.4 Å². The van der Waals surface area contributed by atoms with E-state index < -0.39 is 0 Å². The normalized spacial score (nSPS) is 12.4. The summed E-state index contributed by atoms with van der Waals surface area (Å²) < 4.78 is 2.18. The van der Waals surface area contributed by atoms with Crippen LogP contribution in [0.4, 0.5) is 0 Å². The van der Waals surface area contributed by atoms with Crippen LogP contribution in [0.15, 0.2) is 24.5 Å². The number of ketones is 1. The molecule has 2 heterocycles. The van der Waals surface area contributed by atoms with Gasteiger partial charge in [0, 0.05) is 41.7 Å². The third-order valence-electron chi connectivity index (χ3n) is 4.95. The van der Waals surface area contributed by atoms with E-state index in [1.165, 1.54) is 0 Å².